The summed E-state index contributed by atoms with van der Waals surface area (Å²) in [5, 5.41) is 3.85. The van der Waals surface area contributed by atoms with Crippen LogP contribution in [0.3, 0.4) is 0 Å². The predicted octanol–water partition coefficient (Wildman–Crippen LogP) is 4.40. The van der Waals surface area contributed by atoms with Gasteiger partial charge < -0.3 is 19.5 Å². The van der Waals surface area contributed by atoms with Crippen LogP contribution in [-0.4, -0.2) is 37.2 Å². The van der Waals surface area contributed by atoms with E-state index in [9.17, 15) is 9.59 Å². The van der Waals surface area contributed by atoms with Crippen LogP contribution in [0.25, 0.3) is 10.9 Å². The zero-order valence-corrected chi connectivity index (χ0v) is 17.7. The second-order valence-corrected chi connectivity index (χ2v) is 7.00. The Morgan fingerprint density at radius 1 is 1.07 bits per heavy atom. The fourth-order valence-electron chi connectivity index (χ4n) is 2.87. The first-order valence-corrected chi connectivity index (χ1v) is 9.51. The van der Waals surface area contributed by atoms with E-state index in [2.05, 4.69) is 10.3 Å². The molecule has 0 bridgehead atoms. The van der Waals surface area contributed by atoms with E-state index in [1.165, 1.54) is 14.0 Å². The lowest BCUT2D eigenvalue weighted by Crippen LogP contribution is -2.30. The third-order valence-electron chi connectivity index (χ3n) is 4.51. The monoisotopic (exact) mass is 428 g/mol. The molecular weight excluding hydrogens is 408 g/mol. The van der Waals surface area contributed by atoms with Crippen molar-refractivity contribution < 1.29 is 23.8 Å². The number of aromatic nitrogens is 1. The van der Waals surface area contributed by atoms with Gasteiger partial charge in [-0.2, -0.15) is 0 Å². The zero-order valence-electron chi connectivity index (χ0n) is 17.0. The highest BCUT2D eigenvalue weighted by molar-refractivity contribution is 6.31. The molecule has 0 saturated carbocycles. The molecule has 156 valence electrons. The largest absolute Gasteiger partial charge is 0.497 e. The van der Waals surface area contributed by atoms with Crippen molar-refractivity contribution in [3.63, 3.8) is 0 Å². The standard InChI is InChI=1S/C22H21ClN2O5/c1-12-17(9-14-5-7-16(28-3)11-18(14)24-12)22(27)30-13(2)21(26)25-19-10-15(23)6-8-20(19)29-4/h5-11,13H,1-4H3,(H,25,26). The molecule has 8 heteroatoms. The lowest BCUT2D eigenvalue weighted by Gasteiger charge is -2.16. The number of hydrogen-bond donors (Lipinski definition) is 1. The first-order valence-electron chi connectivity index (χ1n) is 9.13. The molecule has 3 rings (SSSR count). The van der Waals surface area contributed by atoms with Gasteiger partial charge in [-0.1, -0.05) is 11.6 Å². The molecule has 1 amide bonds. The summed E-state index contributed by atoms with van der Waals surface area (Å²) < 4.78 is 15.8. The molecule has 0 spiro atoms. The van der Waals surface area contributed by atoms with Crippen LogP contribution < -0.4 is 14.8 Å². The predicted molar refractivity (Wildman–Crippen MR) is 115 cm³/mol. The van der Waals surface area contributed by atoms with Gasteiger partial charge >= 0.3 is 5.97 Å². The molecule has 0 radical (unpaired) electrons. The van der Waals surface area contributed by atoms with Crippen molar-refractivity contribution >= 4 is 40.1 Å². The number of esters is 1. The fraction of sp³-hybridized carbons (Fsp3) is 0.227. The van der Waals surface area contributed by atoms with E-state index in [1.807, 2.05) is 0 Å². The number of benzene rings is 2. The Bertz CT molecular complexity index is 1120. The van der Waals surface area contributed by atoms with Gasteiger partial charge in [0.2, 0.25) is 0 Å². The van der Waals surface area contributed by atoms with Gasteiger partial charge in [0.15, 0.2) is 6.10 Å². The SMILES string of the molecule is COc1ccc2cc(C(=O)OC(C)C(=O)Nc3cc(Cl)ccc3OC)c(C)nc2c1. The van der Waals surface area contributed by atoms with Crippen LogP contribution in [0.1, 0.15) is 23.0 Å². The topological polar surface area (TPSA) is 86.8 Å². The molecule has 1 aromatic heterocycles. The molecule has 30 heavy (non-hydrogen) atoms. The Morgan fingerprint density at radius 3 is 2.53 bits per heavy atom. The number of amides is 1. The van der Waals surface area contributed by atoms with Crippen molar-refractivity contribution in [2.45, 2.75) is 20.0 Å². The first-order chi connectivity index (χ1) is 14.3. The number of aryl methyl sites for hydroxylation is 1. The van der Waals surface area contributed by atoms with Crippen LogP contribution in [-0.2, 0) is 9.53 Å². The van der Waals surface area contributed by atoms with E-state index in [1.54, 1.807) is 56.5 Å². The van der Waals surface area contributed by atoms with Gasteiger partial charge in [-0.3, -0.25) is 9.78 Å². The summed E-state index contributed by atoms with van der Waals surface area (Å²) >= 11 is 5.98. The highest BCUT2D eigenvalue weighted by Gasteiger charge is 2.22. The number of nitrogens with zero attached hydrogens (tertiary/aromatic N) is 1. The summed E-state index contributed by atoms with van der Waals surface area (Å²) in [5.41, 5.74) is 1.86. The quantitative estimate of drug-likeness (QED) is 0.585. The van der Waals surface area contributed by atoms with E-state index in [4.69, 9.17) is 25.8 Å². The van der Waals surface area contributed by atoms with Gasteiger partial charge in [0.25, 0.3) is 5.91 Å². The lowest BCUT2D eigenvalue weighted by atomic mass is 10.1. The number of carbonyl (C=O) groups is 2. The van der Waals surface area contributed by atoms with Gasteiger partial charge in [-0.15, -0.1) is 0 Å². The number of ether oxygens (including phenoxy) is 3. The molecule has 0 aliphatic rings. The third kappa shape index (κ3) is 4.63. The van der Waals surface area contributed by atoms with E-state index < -0.39 is 18.0 Å². The van der Waals surface area contributed by atoms with Crippen molar-refractivity contribution in [2.24, 2.45) is 0 Å². The van der Waals surface area contributed by atoms with Gasteiger partial charge in [-0.05, 0) is 50.2 Å². The number of fused-ring (bicyclic) bond motifs is 1. The molecule has 1 unspecified atom stereocenters. The van der Waals surface area contributed by atoms with Gasteiger partial charge in [-0.25, -0.2) is 4.79 Å². The number of halogens is 1. The van der Waals surface area contributed by atoms with Crippen LogP contribution in [0.5, 0.6) is 11.5 Å². The Balaban J connectivity index is 1.76. The molecule has 0 aliphatic heterocycles. The van der Waals surface area contributed by atoms with Crippen LogP contribution in [0.4, 0.5) is 5.69 Å². The number of nitrogens with one attached hydrogen (secondary N) is 1. The average Bonchev–Trinajstić information content (AvgIpc) is 2.72. The highest BCUT2D eigenvalue weighted by atomic mass is 35.5. The lowest BCUT2D eigenvalue weighted by molar-refractivity contribution is -0.123. The van der Waals surface area contributed by atoms with E-state index in [0.29, 0.717) is 33.4 Å². The Morgan fingerprint density at radius 2 is 1.83 bits per heavy atom. The number of anilines is 1. The molecule has 7 nitrogen and oxygen atoms in total. The van der Waals surface area contributed by atoms with Gasteiger partial charge in [0.1, 0.15) is 11.5 Å². The van der Waals surface area contributed by atoms with Crippen molar-refractivity contribution in [1.82, 2.24) is 4.98 Å². The molecule has 0 aliphatic carbocycles. The molecule has 0 saturated heterocycles. The Labute approximate surface area is 178 Å². The molecule has 3 aromatic rings. The average molecular weight is 429 g/mol. The maximum atomic E-state index is 12.7. The maximum Gasteiger partial charge on any atom is 0.340 e. The number of rotatable bonds is 6. The molecule has 2 aromatic carbocycles. The van der Waals surface area contributed by atoms with Crippen molar-refractivity contribution in [3.8, 4) is 11.5 Å². The Kier molecular flexibility index (Phi) is 6.42. The van der Waals surface area contributed by atoms with E-state index in [-0.39, 0.29) is 5.56 Å². The number of hydrogen-bond acceptors (Lipinski definition) is 6. The van der Waals surface area contributed by atoms with Crippen molar-refractivity contribution in [2.75, 3.05) is 19.5 Å². The first kappa shape index (κ1) is 21.4. The molecule has 1 heterocycles. The summed E-state index contributed by atoms with van der Waals surface area (Å²) in [6, 6.07) is 11.9. The van der Waals surface area contributed by atoms with E-state index >= 15 is 0 Å². The molecular formula is C22H21ClN2O5. The summed E-state index contributed by atoms with van der Waals surface area (Å²) in [4.78, 5) is 29.6. The van der Waals surface area contributed by atoms with Gasteiger partial charge in [0.05, 0.1) is 36.7 Å². The fourth-order valence-corrected chi connectivity index (χ4v) is 3.04. The molecule has 0 fully saturated rings. The minimum absolute atomic E-state index is 0.285. The molecule has 1 N–H and O–H groups in total. The van der Waals surface area contributed by atoms with Crippen molar-refractivity contribution in [3.05, 3.63) is 58.7 Å². The van der Waals surface area contributed by atoms with Crippen LogP contribution in [0.2, 0.25) is 5.02 Å². The van der Waals surface area contributed by atoms with Crippen molar-refractivity contribution in [1.29, 1.82) is 0 Å². The van der Waals surface area contributed by atoms with Crippen LogP contribution in [0, 0.1) is 6.92 Å². The zero-order chi connectivity index (χ0) is 21.8. The summed E-state index contributed by atoms with van der Waals surface area (Å²) in [7, 11) is 3.05. The van der Waals surface area contributed by atoms with E-state index in [0.717, 1.165) is 5.39 Å². The third-order valence-corrected chi connectivity index (χ3v) is 4.74. The summed E-state index contributed by atoms with van der Waals surface area (Å²) in [5.74, 6) is -0.0405. The minimum Gasteiger partial charge on any atom is -0.497 e. The second kappa shape index (κ2) is 9.00. The second-order valence-electron chi connectivity index (χ2n) is 6.56. The van der Waals surface area contributed by atoms with Gasteiger partial charge in [0, 0.05) is 16.5 Å². The highest BCUT2D eigenvalue weighted by Crippen LogP contribution is 2.28. The Hall–Kier alpha value is -3.32. The summed E-state index contributed by atoms with van der Waals surface area (Å²) in [6.45, 7) is 3.19. The number of methoxy groups -OCH3 is 2. The van der Waals surface area contributed by atoms with Crippen LogP contribution in [0.15, 0.2) is 42.5 Å². The summed E-state index contributed by atoms with van der Waals surface area (Å²) in [6.07, 6.45) is -1.05. The normalized spacial score (nSPS) is 11.6. The minimum atomic E-state index is -1.05. The molecule has 1 atom stereocenters. The number of carbonyl (C=O) groups excluding carboxylic acids is 2. The smallest absolute Gasteiger partial charge is 0.340 e. The van der Waals surface area contributed by atoms with Crippen LogP contribution >= 0.6 is 11.6 Å². The maximum absolute atomic E-state index is 12.7. The number of pyridine rings is 1.